The van der Waals surface area contributed by atoms with Crippen LogP contribution in [-0.2, 0) is 20.8 Å². The van der Waals surface area contributed by atoms with E-state index in [2.05, 4.69) is 17.4 Å². The van der Waals surface area contributed by atoms with Crippen LogP contribution in [0.3, 0.4) is 0 Å². The molecule has 0 saturated carbocycles. The number of amides is 3. The third-order valence-electron chi connectivity index (χ3n) is 5.69. The van der Waals surface area contributed by atoms with Crippen LogP contribution in [0.15, 0.2) is 66.7 Å². The minimum absolute atomic E-state index is 0.101. The van der Waals surface area contributed by atoms with Crippen molar-refractivity contribution in [3.63, 3.8) is 0 Å². The zero-order valence-electron chi connectivity index (χ0n) is 16.2. The van der Waals surface area contributed by atoms with Gasteiger partial charge < -0.3 is 5.32 Å². The minimum atomic E-state index is -0.248. The Bertz CT molecular complexity index is 926. The van der Waals surface area contributed by atoms with E-state index in [1.807, 2.05) is 54.6 Å². The molecule has 0 aromatic heterocycles. The number of rotatable bonds is 6. The minimum Gasteiger partial charge on any atom is -0.326 e. The van der Waals surface area contributed by atoms with Crippen LogP contribution in [0.4, 0.5) is 5.69 Å². The number of carbonyl (C=O) groups excluding carboxylic acids is 3. The fourth-order valence-corrected chi connectivity index (χ4v) is 4.13. The summed E-state index contributed by atoms with van der Waals surface area (Å²) >= 11 is 0. The molecule has 2 aliphatic rings. The fraction of sp³-hybridized carbons (Fsp3) is 0.292. The Balaban J connectivity index is 1.37. The lowest BCUT2D eigenvalue weighted by atomic mass is 9.85. The monoisotopic (exact) mass is 388 g/mol. The smallest absolute Gasteiger partial charge is 0.233 e. The van der Waals surface area contributed by atoms with Crippen LogP contribution in [0.2, 0.25) is 0 Å². The van der Waals surface area contributed by atoms with Crippen molar-refractivity contribution in [1.29, 1.82) is 0 Å². The number of benzene rings is 2. The van der Waals surface area contributed by atoms with Gasteiger partial charge in [-0.1, -0.05) is 60.7 Å². The summed E-state index contributed by atoms with van der Waals surface area (Å²) in [6, 6.07) is 17.8. The number of likely N-dealkylation sites (tertiary alicyclic amines) is 1. The van der Waals surface area contributed by atoms with Gasteiger partial charge in [0.05, 0.1) is 11.8 Å². The number of hydrogen-bond acceptors (Lipinski definition) is 3. The molecule has 3 amide bonds. The molecule has 2 aromatic carbocycles. The molecular formula is C24H24N2O3. The molecule has 148 valence electrons. The van der Waals surface area contributed by atoms with Gasteiger partial charge in [0.1, 0.15) is 0 Å². The number of hydrogen-bond donors (Lipinski definition) is 1. The maximum absolute atomic E-state index is 12.5. The number of anilines is 1. The lowest BCUT2D eigenvalue weighted by Gasteiger charge is -2.15. The highest BCUT2D eigenvalue weighted by Gasteiger charge is 2.46. The quantitative estimate of drug-likeness (QED) is 0.608. The van der Waals surface area contributed by atoms with Gasteiger partial charge in [0.15, 0.2) is 0 Å². The highest BCUT2D eigenvalue weighted by molar-refractivity contribution is 6.05. The second-order valence-corrected chi connectivity index (χ2v) is 7.60. The number of para-hydroxylation sites is 1. The highest BCUT2D eigenvalue weighted by Crippen LogP contribution is 2.35. The van der Waals surface area contributed by atoms with Crippen molar-refractivity contribution >= 4 is 23.4 Å². The van der Waals surface area contributed by atoms with E-state index in [0.29, 0.717) is 12.8 Å². The summed E-state index contributed by atoms with van der Waals surface area (Å²) in [6.07, 6.45) is 5.98. The number of nitrogens with zero attached hydrogens (tertiary/aromatic N) is 1. The van der Waals surface area contributed by atoms with E-state index in [1.54, 1.807) is 0 Å². The van der Waals surface area contributed by atoms with E-state index >= 15 is 0 Å². The molecular weight excluding hydrogens is 364 g/mol. The van der Waals surface area contributed by atoms with Crippen LogP contribution in [0.1, 0.15) is 30.4 Å². The third-order valence-corrected chi connectivity index (χ3v) is 5.69. The normalized spacial score (nSPS) is 20.6. The van der Waals surface area contributed by atoms with Crippen LogP contribution in [0, 0.1) is 11.8 Å². The Morgan fingerprint density at radius 2 is 1.52 bits per heavy atom. The first-order valence-corrected chi connectivity index (χ1v) is 10.1. The summed E-state index contributed by atoms with van der Waals surface area (Å²) < 4.78 is 0. The van der Waals surface area contributed by atoms with Gasteiger partial charge in [-0.15, -0.1) is 0 Å². The molecule has 4 rings (SSSR count). The molecule has 1 N–H and O–H groups in total. The summed E-state index contributed by atoms with van der Waals surface area (Å²) in [5.41, 5.74) is 2.95. The molecule has 0 bridgehead atoms. The maximum atomic E-state index is 12.5. The Morgan fingerprint density at radius 1 is 0.897 bits per heavy atom. The Labute approximate surface area is 170 Å². The Hall–Kier alpha value is -3.21. The van der Waals surface area contributed by atoms with Crippen molar-refractivity contribution in [3.05, 3.63) is 77.9 Å². The zero-order chi connectivity index (χ0) is 20.2. The largest absolute Gasteiger partial charge is 0.326 e. The van der Waals surface area contributed by atoms with Gasteiger partial charge in [-0.25, -0.2) is 0 Å². The number of fused-ring (bicyclic) bond motifs is 1. The van der Waals surface area contributed by atoms with Crippen LogP contribution in [-0.4, -0.2) is 29.2 Å². The molecule has 5 heteroatoms. The van der Waals surface area contributed by atoms with E-state index < -0.39 is 0 Å². The number of allylic oxidation sites excluding steroid dienone is 2. The Kier molecular flexibility index (Phi) is 5.56. The average molecular weight is 388 g/mol. The lowest BCUT2D eigenvalue weighted by Crippen LogP contribution is -2.34. The second kappa shape index (κ2) is 8.43. The van der Waals surface area contributed by atoms with Crippen molar-refractivity contribution in [2.45, 2.75) is 25.7 Å². The zero-order valence-corrected chi connectivity index (χ0v) is 16.2. The molecule has 1 aliphatic heterocycles. The van der Waals surface area contributed by atoms with E-state index in [1.165, 1.54) is 10.5 Å². The van der Waals surface area contributed by atoms with E-state index in [0.717, 1.165) is 17.7 Å². The molecule has 5 nitrogen and oxygen atoms in total. The fourth-order valence-electron chi connectivity index (χ4n) is 4.13. The molecule has 0 unspecified atom stereocenters. The van der Waals surface area contributed by atoms with Gasteiger partial charge in [-0.3, -0.25) is 19.3 Å². The molecule has 1 saturated heterocycles. The van der Waals surface area contributed by atoms with E-state index in [4.69, 9.17) is 0 Å². The summed E-state index contributed by atoms with van der Waals surface area (Å²) in [4.78, 5) is 38.8. The van der Waals surface area contributed by atoms with Crippen LogP contribution in [0.5, 0.6) is 0 Å². The molecule has 0 spiro atoms. The average Bonchev–Trinajstić information content (AvgIpc) is 2.99. The third kappa shape index (κ3) is 4.14. The number of imide groups is 1. The summed E-state index contributed by atoms with van der Waals surface area (Å²) in [5.74, 6) is -0.966. The molecule has 1 aliphatic carbocycles. The molecule has 1 heterocycles. The van der Waals surface area contributed by atoms with Gasteiger partial charge in [-0.05, 0) is 36.5 Å². The van der Waals surface area contributed by atoms with Crippen molar-refractivity contribution in [2.24, 2.45) is 11.8 Å². The van der Waals surface area contributed by atoms with Crippen molar-refractivity contribution < 1.29 is 14.4 Å². The Morgan fingerprint density at radius 3 is 2.21 bits per heavy atom. The standard InChI is InChI=1S/C24H24N2O3/c27-22(14-15-26-23(28)19-11-5-6-12-20(19)24(26)29)25-21-13-7-4-10-18(21)16-17-8-2-1-3-9-17/h1-10,13,19-20H,11-12,14-16H2,(H,25,27)/t19-,20-/m1/s1. The summed E-state index contributed by atoms with van der Waals surface area (Å²) in [6.45, 7) is 0.136. The molecule has 0 radical (unpaired) electrons. The first-order chi connectivity index (χ1) is 14.1. The van der Waals surface area contributed by atoms with Gasteiger partial charge in [0.25, 0.3) is 0 Å². The van der Waals surface area contributed by atoms with Crippen molar-refractivity contribution in [2.75, 3.05) is 11.9 Å². The van der Waals surface area contributed by atoms with Gasteiger partial charge in [0, 0.05) is 18.7 Å². The topological polar surface area (TPSA) is 66.5 Å². The molecule has 2 aromatic rings. The number of carbonyl (C=O) groups is 3. The SMILES string of the molecule is O=C(CCN1C(=O)[C@@H]2CC=CC[C@H]2C1=O)Nc1ccccc1Cc1ccccc1. The van der Waals surface area contributed by atoms with Gasteiger partial charge in [0.2, 0.25) is 17.7 Å². The number of nitrogens with one attached hydrogen (secondary N) is 1. The van der Waals surface area contributed by atoms with Crippen LogP contribution < -0.4 is 5.32 Å². The van der Waals surface area contributed by atoms with Crippen molar-refractivity contribution in [1.82, 2.24) is 4.90 Å². The first kappa shape index (κ1) is 19.1. The van der Waals surface area contributed by atoms with Gasteiger partial charge >= 0.3 is 0 Å². The first-order valence-electron chi connectivity index (χ1n) is 10.1. The predicted molar refractivity (Wildman–Crippen MR) is 111 cm³/mol. The maximum Gasteiger partial charge on any atom is 0.233 e. The van der Waals surface area contributed by atoms with Crippen LogP contribution in [0.25, 0.3) is 0 Å². The predicted octanol–water partition coefficient (Wildman–Crippen LogP) is 3.56. The van der Waals surface area contributed by atoms with Crippen LogP contribution >= 0.6 is 0 Å². The lowest BCUT2D eigenvalue weighted by molar-refractivity contribution is -0.140. The van der Waals surface area contributed by atoms with E-state index in [9.17, 15) is 14.4 Å². The second-order valence-electron chi connectivity index (χ2n) is 7.60. The van der Waals surface area contributed by atoms with Crippen molar-refractivity contribution in [3.8, 4) is 0 Å². The molecule has 29 heavy (non-hydrogen) atoms. The van der Waals surface area contributed by atoms with E-state index in [-0.39, 0.29) is 42.5 Å². The molecule has 2 atom stereocenters. The molecule has 1 fully saturated rings. The summed E-state index contributed by atoms with van der Waals surface area (Å²) in [7, 11) is 0. The van der Waals surface area contributed by atoms with Gasteiger partial charge in [-0.2, -0.15) is 0 Å². The summed E-state index contributed by atoms with van der Waals surface area (Å²) in [5, 5.41) is 2.95. The highest BCUT2D eigenvalue weighted by atomic mass is 16.2.